The van der Waals surface area contributed by atoms with Crippen LogP contribution < -0.4 is 16.0 Å². The summed E-state index contributed by atoms with van der Waals surface area (Å²) in [4.78, 5) is 24.7. The molecule has 1 atom stereocenters. The van der Waals surface area contributed by atoms with Crippen LogP contribution in [0.5, 0.6) is 0 Å². The molecule has 8 bridgehead atoms. The van der Waals surface area contributed by atoms with Gasteiger partial charge in [0.1, 0.15) is 6.04 Å². The van der Waals surface area contributed by atoms with Crippen molar-refractivity contribution in [3.8, 4) is 0 Å². The van der Waals surface area contributed by atoms with Crippen LogP contribution in [-0.2, 0) is 25.9 Å². The second-order valence-electron chi connectivity index (χ2n) is 6.18. The smallest absolute Gasteiger partial charge is 0.183 e. The molecule has 0 saturated heterocycles. The molecule has 6 heteroatoms. The Labute approximate surface area is 164 Å². The first-order chi connectivity index (χ1) is 12.2. The van der Waals surface area contributed by atoms with Gasteiger partial charge in [0.05, 0.1) is 22.8 Å². The number of aromatic nitrogens is 1. The predicted octanol–water partition coefficient (Wildman–Crippen LogP) is 0.801. The Kier molecular flexibility index (Phi) is 4.17. The molecular weight excluding hydrogens is 507 g/mol. The van der Waals surface area contributed by atoms with Gasteiger partial charge in [-0.15, -0.1) is 0 Å². The zero-order valence-electron chi connectivity index (χ0n) is 13.5. The van der Waals surface area contributed by atoms with Gasteiger partial charge < -0.3 is 10.3 Å². The number of rotatable bonds is 0. The zero-order valence-corrected chi connectivity index (χ0v) is 15.8. The van der Waals surface area contributed by atoms with Crippen molar-refractivity contribution in [1.82, 2.24) is 10.3 Å². The third-order valence-electron chi connectivity index (χ3n) is 4.27. The molecule has 0 radical (unpaired) electrons. The number of allylic oxidation sites excluding steroid dienone is 5. The monoisotopic (exact) mass is 521 g/mol. The van der Waals surface area contributed by atoms with Gasteiger partial charge in [-0.25, -0.2) is 9.98 Å². The topological polar surface area (TPSA) is 69.6 Å². The second kappa shape index (κ2) is 6.50. The number of nitrogens with zero attached hydrogens (tertiary/aromatic N) is 2. The Bertz CT molecular complexity index is 1140. The molecular formula is C20H14N4OPt. The number of aromatic amines is 1. The van der Waals surface area contributed by atoms with Crippen molar-refractivity contribution >= 4 is 29.4 Å². The molecule has 4 aliphatic rings. The molecule has 5 heterocycles. The van der Waals surface area contributed by atoms with Crippen LogP contribution in [0.3, 0.4) is 0 Å². The molecule has 0 aromatic carbocycles. The van der Waals surface area contributed by atoms with E-state index in [1.165, 1.54) is 0 Å². The minimum absolute atomic E-state index is 0. The van der Waals surface area contributed by atoms with Crippen molar-refractivity contribution in [2.45, 2.75) is 6.04 Å². The molecule has 1 aromatic rings. The Morgan fingerprint density at radius 1 is 0.808 bits per heavy atom. The first kappa shape index (κ1) is 16.7. The van der Waals surface area contributed by atoms with Crippen LogP contribution in [-0.4, -0.2) is 28.2 Å². The second-order valence-corrected chi connectivity index (χ2v) is 6.18. The van der Waals surface area contributed by atoms with Gasteiger partial charge in [0.15, 0.2) is 5.78 Å². The molecule has 0 fully saturated rings. The van der Waals surface area contributed by atoms with Gasteiger partial charge in [-0.1, -0.05) is 0 Å². The Balaban J connectivity index is 0.00000168. The number of carbonyl (C=O) groups is 1. The summed E-state index contributed by atoms with van der Waals surface area (Å²) < 4.78 is 0. The number of nitrogens with one attached hydrogen (secondary N) is 2. The van der Waals surface area contributed by atoms with E-state index in [1.807, 2.05) is 60.7 Å². The number of H-pyrrole nitrogens is 1. The number of fused-ring (bicyclic) bond motifs is 6. The summed E-state index contributed by atoms with van der Waals surface area (Å²) in [7, 11) is 0. The quantitative estimate of drug-likeness (QED) is 0.531. The molecule has 5 rings (SSSR count). The van der Waals surface area contributed by atoms with E-state index in [9.17, 15) is 4.79 Å². The van der Waals surface area contributed by atoms with Crippen LogP contribution in [0.1, 0.15) is 0 Å². The van der Waals surface area contributed by atoms with Gasteiger partial charge in [0.2, 0.25) is 0 Å². The van der Waals surface area contributed by atoms with E-state index in [-0.39, 0.29) is 32.9 Å². The van der Waals surface area contributed by atoms with Crippen LogP contribution in [0.15, 0.2) is 81.7 Å². The third-order valence-corrected chi connectivity index (χ3v) is 4.27. The number of carbonyl (C=O) groups excluding carboxylic acids is 1. The summed E-state index contributed by atoms with van der Waals surface area (Å²) in [6, 6.07) is 3.64. The van der Waals surface area contributed by atoms with E-state index in [0.29, 0.717) is 0 Å². The average Bonchev–Trinajstić information content (AvgIpc) is 3.33. The summed E-state index contributed by atoms with van der Waals surface area (Å²) >= 11 is 0. The van der Waals surface area contributed by atoms with E-state index >= 15 is 0 Å². The molecule has 1 unspecified atom stereocenters. The minimum atomic E-state index is -0.389. The summed E-state index contributed by atoms with van der Waals surface area (Å²) in [6.45, 7) is 0. The van der Waals surface area contributed by atoms with E-state index in [0.717, 1.165) is 39.2 Å². The van der Waals surface area contributed by atoms with Gasteiger partial charge in [-0.3, -0.25) is 4.79 Å². The van der Waals surface area contributed by atoms with Crippen molar-refractivity contribution in [3.05, 3.63) is 82.5 Å². The fourth-order valence-electron chi connectivity index (χ4n) is 3.11. The Morgan fingerprint density at radius 3 is 2.19 bits per heavy atom. The first-order valence-electron chi connectivity index (χ1n) is 8.09. The third kappa shape index (κ3) is 3.18. The fraction of sp³-hybridized carbons (Fsp3) is 0.0500. The van der Waals surface area contributed by atoms with Gasteiger partial charge in [-0.2, -0.15) is 0 Å². The molecule has 0 saturated carbocycles. The standard InChI is InChI=1S/C20H14N4O.Pt/c25-20-11-18-9-16-4-3-14(22-16)7-12-1-2-13(21-12)8-15-5-6-17(23-15)10-19(20)24-18;/h1-11,19,21,24H;. The van der Waals surface area contributed by atoms with E-state index in [4.69, 9.17) is 0 Å². The van der Waals surface area contributed by atoms with Crippen molar-refractivity contribution in [2.75, 3.05) is 0 Å². The first-order valence-corrected chi connectivity index (χ1v) is 8.09. The maximum atomic E-state index is 12.2. The molecule has 26 heavy (non-hydrogen) atoms. The molecule has 1 aromatic heterocycles. The zero-order chi connectivity index (χ0) is 16.8. The maximum Gasteiger partial charge on any atom is 0.183 e. The average molecular weight is 521 g/mol. The van der Waals surface area contributed by atoms with Crippen molar-refractivity contribution in [3.63, 3.8) is 0 Å². The molecule has 2 N–H and O–H groups in total. The minimum Gasteiger partial charge on any atom is -0.372 e. The van der Waals surface area contributed by atoms with Crippen LogP contribution in [0, 0.1) is 0 Å². The number of ketones is 1. The van der Waals surface area contributed by atoms with Gasteiger partial charge in [0, 0.05) is 43.5 Å². The number of hydrogen-bond donors (Lipinski definition) is 2. The molecule has 5 nitrogen and oxygen atoms in total. The molecule has 0 spiro atoms. The Morgan fingerprint density at radius 2 is 1.46 bits per heavy atom. The summed E-state index contributed by atoms with van der Waals surface area (Å²) in [5, 5.41) is 5.17. The predicted molar refractivity (Wildman–Crippen MR) is 98.3 cm³/mol. The molecule has 4 aliphatic heterocycles. The summed E-state index contributed by atoms with van der Waals surface area (Å²) in [5.74, 6) is 0.0241. The van der Waals surface area contributed by atoms with Crippen LogP contribution in [0.2, 0.25) is 0 Å². The van der Waals surface area contributed by atoms with E-state index < -0.39 is 0 Å². The van der Waals surface area contributed by atoms with Crippen LogP contribution >= 0.6 is 0 Å². The molecule has 0 amide bonds. The number of aliphatic imine (C=N–C) groups is 2. The largest absolute Gasteiger partial charge is 0.372 e. The van der Waals surface area contributed by atoms with Crippen molar-refractivity contribution in [2.24, 2.45) is 9.98 Å². The van der Waals surface area contributed by atoms with Gasteiger partial charge in [-0.05, 0) is 60.7 Å². The number of hydrogen-bond acceptors (Lipinski definition) is 4. The van der Waals surface area contributed by atoms with Gasteiger partial charge in [0.25, 0.3) is 0 Å². The van der Waals surface area contributed by atoms with E-state index in [1.54, 1.807) is 6.08 Å². The maximum absolute atomic E-state index is 12.2. The summed E-state index contributed by atoms with van der Waals surface area (Å²) in [5.41, 5.74) is 4.09. The Hall–Kier alpha value is -2.78. The van der Waals surface area contributed by atoms with Gasteiger partial charge >= 0.3 is 0 Å². The fourth-order valence-corrected chi connectivity index (χ4v) is 3.11. The van der Waals surface area contributed by atoms with Crippen molar-refractivity contribution in [1.29, 1.82) is 0 Å². The molecule has 0 aliphatic carbocycles. The summed E-state index contributed by atoms with van der Waals surface area (Å²) in [6.07, 6.45) is 17.1. The van der Waals surface area contributed by atoms with Crippen molar-refractivity contribution < 1.29 is 25.9 Å². The van der Waals surface area contributed by atoms with Crippen LogP contribution in [0.4, 0.5) is 0 Å². The SMILES string of the molecule is O=C1C=C2C=C3C=CC(=N3)C=c3ccc([nH]3)=CC3=NC(=CC1N2)C=C3.[Pt]. The van der Waals surface area contributed by atoms with Crippen LogP contribution in [0.25, 0.3) is 12.2 Å². The normalized spacial score (nSPS) is 22.2. The van der Waals surface area contributed by atoms with E-state index in [2.05, 4.69) is 20.3 Å². The molecule has 130 valence electrons.